The molecule has 0 unspecified atom stereocenters. The summed E-state index contributed by atoms with van der Waals surface area (Å²) in [5.74, 6) is -1.02. The van der Waals surface area contributed by atoms with Gasteiger partial charge in [0, 0.05) is 12.4 Å². The number of benzene rings is 1. The first kappa shape index (κ1) is 21.9. The Morgan fingerprint density at radius 2 is 1.59 bits per heavy atom. The van der Waals surface area contributed by atoms with Gasteiger partial charge in [0.1, 0.15) is 17.8 Å². The van der Waals surface area contributed by atoms with E-state index in [1.807, 2.05) is 0 Å². The number of rotatable bonds is 8. The molecule has 0 aliphatic heterocycles. The number of aryl methyl sites for hydroxylation is 1. The Morgan fingerprint density at radius 1 is 0.966 bits per heavy atom. The first-order valence-corrected chi connectivity index (χ1v) is 8.78. The fourth-order valence-electron chi connectivity index (χ4n) is 2.93. The number of aliphatic carboxylic acids is 1. The molecule has 1 aromatic carbocycles. The Morgan fingerprint density at radius 3 is 2.10 bits per heavy atom. The zero-order valence-corrected chi connectivity index (χ0v) is 17.2. The van der Waals surface area contributed by atoms with Gasteiger partial charge < -0.3 is 34.5 Å². The number of carboxylic acids is 1. The van der Waals surface area contributed by atoms with Gasteiger partial charge in [0.05, 0.1) is 26.8 Å². The normalized spacial score (nSPS) is 12.8. The first-order valence-electron chi connectivity index (χ1n) is 8.78. The molecule has 2 aromatic rings. The van der Waals surface area contributed by atoms with Crippen molar-refractivity contribution in [3.8, 4) is 17.2 Å². The number of methoxy groups -OCH3 is 3. The summed E-state index contributed by atoms with van der Waals surface area (Å²) in [6, 6.07) is 1.36. The van der Waals surface area contributed by atoms with E-state index >= 15 is 0 Å². The van der Waals surface area contributed by atoms with E-state index in [1.54, 1.807) is 23.7 Å². The number of carbonyl (C=O) groups is 3. The van der Waals surface area contributed by atoms with Gasteiger partial charge in [-0.05, 0) is 26.0 Å². The summed E-state index contributed by atoms with van der Waals surface area (Å²) in [6.07, 6.45) is 0. The molecule has 2 atom stereocenters. The van der Waals surface area contributed by atoms with Crippen LogP contribution in [0.5, 0.6) is 17.2 Å². The molecule has 29 heavy (non-hydrogen) atoms. The molecule has 0 saturated carbocycles. The summed E-state index contributed by atoms with van der Waals surface area (Å²) >= 11 is 0. The number of amides is 2. The lowest BCUT2D eigenvalue weighted by Crippen LogP contribution is -2.49. The van der Waals surface area contributed by atoms with Gasteiger partial charge in [0.2, 0.25) is 11.7 Å². The Balaban J connectivity index is 2.36. The zero-order chi connectivity index (χ0) is 21.9. The van der Waals surface area contributed by atoms with Gasteiger partial charge in [-0.3, -0.25) is 14.4 Å². The van der Waals surface area contributed by atoms with Crippen LogP contribution in [0.1, 0.15) is 24.3 Å². The van der Waals surface area contributed by atoms with Crippen molar-refractivity contribution in [1.29, 1.82) is 0 Å². The van der Waals surface area contributed by atoms with Crippen LogP contribution in [-0.4, -0.2) is 60.9 Å². The van der Waals surface area contributed by atoms with E-state index in [9.17, 15) is 14.4 Å². The van der Waals surface area contributed by atoms with Gasteiger partial charge in [-0.15, -0.1) is 0 Å². The summed E-state index contributed by atoms with van der Waals surface area (Å²) in [4.78, 5) is 35.7. The number of ether oxygens (including phenoxy) is 3. The standard InChI is InChI=1S/C19H25N3O7/c1-9(17(23)21-10(2)19(25)26)20-18(24)12-7-11-8-13(27-4)15(28-5)16(29-6)14(11)22(12)3/h7-10H,1-6H3,(H,20,24)(H,21,23)(H,25,26)/t9-,10-/m0/s1. The van der Waals surface area contributed by atoms with E-state index in [2.05, 4.69) is 10.6 Å². The second kappa shape index (κ2) is 8.72. The number of carboxylic acid groups (broad SMARTS) is 1. The topological polar surface area (TPSA) is 128 Å². The number of nitrogens with one attached hydrogen (secondary N) is 2. The third-order valence-corrected chi connectivity index (χ3v) is 4.52. The van der Waals surface area contributed by atoms with Crippen molar-refractivity contribution in [2.45, 2.75) is 25.9 Å². The van der Waals surface area contributed by atoms with Gasteiger partial charge in [0.15, 0.2) is 11.5 Å². The molecule has 0 saturated heterocycles. The van der Waals surface area contributed by atoms with Crippen molar-refractivity contribution in [2.75, 3.05) is 21.3 Å². The number of hydrogen-bond donors (Lipinski definition) is 3. The smallest absolute Gasteiger partial charge is 0.325 e. The van der Waals surface area contributed by atoms with Crippen LogP contribution in [0.25, 0.3) is 10.9 Å². The molecule has 0 aliphatic carbocycles. The number of nitrogens with zero attached hydrogens (tertiary/aromatic N) is 1. The van der Waals surface area contributed by atoms with Crippen molar-refractivity contribution < 1.29 is 33.7 Å². The number of carbonyl (C=O) groups excluding carboxylic acids is 2. The van der Waals surface area contributed by atoms with Crippen LogP contribution in [0.2, 0.25) is 0 Å². The fourth-order valence-corrected chi connectivity index (χ4v) is 2.93. The molecule has 0 fully saturated rings. The maximum absolute atomic E-state index is 12.7. The molecule has 0 aliphatic rings. The average molecular weight is 407 g/mol. The van der Waals surface area contributed by atoms with Crippen LogP contribution in [0.15, 0.2) is 12.1 Å². The summed E-state index contributed by atoms with van der Waals surface area (Å²) in [7, 11) is 6.15. The minimum absolute atomic E-state index is 0.277. The molecule has 0 spiro atoms. The highest BCUT2D eigenvalue weighted by atomic mass is 16.5. The molecule has 1 heterocycles. The number of hydrogen-bond acceptors (Lipinski definition) is 6. The van der Waals surface area contributed by atoms with Crippen LogP contribution in [-0.2, 0) is 16.6 Å². The van der Waals surface area contributed by atoms with Gasteiger partial charge in [-0.25, -0.2) is 0 Å². The number of fused-ring (bicyclic) bond motifs is 1. The summed E-state index contributed by atoms with van der Waals surface area (Å²) in [5.41, 5.74) is 0.895. The van der Waals surface area contributed by atoms with E-state index in [-0.39, 0.29) is 5.69 Å². The van der Waals surface area contributed by atoms with Gasteiger partial charge in [-0.2, -0.15) is 0 Å². The van der Waals surface area contributed by atoms with Crippen LogP contribution in [0, 0.1) is 0 Å². The van der Waals surface area contributed by atoms with Crippen molar-refractivity contribution in [3.63, 3.8) is 0 Å². The monoisotopic (exact) mass is 407 g/mol. The lowest BCUT2D eigenvalue weighted by atomic mass is 10.2. The molecule has 2 amide bonds. The molecule has 10 nitrogen and oxygen atoms in total. The predicted octanol–water partition coefficient (Wildman–Crippen LogP) is 0.912. The zero-order valence-electron chi connectivity index (χ0n) is 17.2. The van der Waals surface area contributed by atoms with Gasteiger partial charge in [0.25, 0.3) is 5.91 Å². The molecule has 158 valence electrons. The second-order valence-electron chi connectivity index (χ2n) is 6.44. The minimum atomic E-state index is -1.17. The Bertz CT molecular complexity index is 951. The molecule has 0 bridgehead atoms. The molecule has 0 radical (unpaired) electrons. The second-order valence-corrected chi connectivity index (χ2v) is 6.44. The quantitative estimate of drug-likeness (QED) is 0.593. The van der Waals surface area contributed by atoms with Gasteiger partial charge in [-0.1, -0.05) is 0 Å². The van der Waals surface area contributed by atoms with Crippen LogP contribution >= 0.6 is 0 Å². The Hall–Kier alpha value is -3.43. The molecule has 3 N–H and O–H groups in total. The highest BCUT2D eigenvalue weighted by Crippen LogP contribution is 2.44. The van der Waals surface area contributed by atoms with E-state index in [4.69, 9.17) is 19.3 Å². The Labute approximate surface area is 167 Å². The molecule has 1 aromatic heterocycles. The summed E-state index contributed by atoms with van der Waals surface area (Å²) in [5, 5.41) is 14.5. The van der Waals surface area contributed by atoms with E-state index in [0.717, 1.165) is 0 Å². The predicted molar refractivity (Wildman–Crippen MR) is 105 cm³/mol. The lowest BCUT2D eigenvalue weighted by molar-refractivity contribution is -0.141. The van der Waals surface area contributed by atoms with Crippen molar-refractivity contribution >= 4 is 28.7 Å². The van der Waals surface area contributed by atoms with Crippen molar-refractivity contribution in [3.05, 3.63) is 17.8 Å². The van der Waals surface area contributed by atoms with E-state index < -0.39 is 29.9 Å². The highest BCUT2D eigenvalue weighted by molar-refractivity contribution is 6.03. The van der Waals surface area contributed by atoms with Crippen molar-refractivity contribution in [2.24, 2.45) is 7.05 Å². The molecule has 10 heteroatoms. The van der Waals surface area contributed by atoms with E-state index in [1.165, 1.54) is 35.2 Å². The van der Waals surface area contributed by atoms with Gasteiger partial charge >= 0.3 is 5.97 Å². The van der Waals surface area contributed by atoms with Crippen molar-refractivity contribution in [1.82, 2.24) is 15.2 Å². The van der Waals surface area contributed by atoms with E-state index in [0.29, 0.717) is 28.2 Å². The SMILES string of the molecule is COc1cc2cc(C(=O)N[C@@H](C)C(=O)N[C@@H](C)C(=O)O)n(C)c2c(OC)c1OC. The maximum Gasteiger partial charge on any atom is 0.325 e. The largest absolute Gasteiger partial charge is 0.493 e. The maximum atomic E-state index is 12.7. The van der Waals surface area contributed by atoms with Crippen LogP contribution in [0.4, 0.5) is 0 Å². The molecule has 2 rings (SSSR count). The number of aromatic nitrogens is 1. The highest BCUT2D eigenvalue weighted by Gasteiger charge is 2.25. The summed E-state index contributed by atoms with van der Waals surface area (Å²) in [6.45, 7) is 2.81. The third kappa shape index (κ3) is 4.20. The van der Waals surface area contributed by atoms with Crippen LogP contribution in [0.3, 0.4) is 0 Å². The third-order valence-electron chi connectivity index (χ3n) is 4.52. The fraction of sp³-hybridized carbons (Fsp3) is 0.421. The minimum Gasteiger partial charge on any atom is -0.493 e. The molecular weight excluding hydrogens is 382 g/mol. The molecular formula is C19H25N3O7. The van der Waals surface area contributed by atoms with Crippen LogP contribution < -0.4 is 24.8 Å². The average Bonchev–Trinajstić information content (AvgIpc) is 3.02. The lowest BCUT2D eigenvalue weighted by Gasteiger charge is -2.17. The first-order chi connectivity index (χ1) is 13.7. The Kier molecular flexibility index (Phi) is 6.57. The summed E-state index contributed by atoms with van der Waals surface area (Å²) < 4.78 is 17.8.